The van der Waals surface area contributed by atoms with Crippen LogP contribution in [0.4, 0.5) is 0 Å². The van der Waals surface area contributed by atoms with Crippen molar-refractivity contribution in [2.45, 2.75) is 13.8 Å². The number of rotatable bonds is 5. The molecule has 3 N–H and O–H groups in total. The first-order chi connectivity index (χ1) is 11.1. The van der Waals surface area contributed by atoms with E-state index in [-0.39, 0.29) is 5.75 Å². The van der Waals surface area contributed by atoms with Crippen LogP contribution in [0.5, 0.6) is 5.75 Å². The molecular formula is C16H24N4O2S. The van der Waals surface area contributed by atoms with E-state index in [9.17, 15) is 5.11 Å². The SMILES string of the molecule is C/C(=N\NC(=S)NCCN1CCOCC1)c1cc(C)ccc1O. The summed E-state index contributed by atoms with van der Waals surface area (Å²) in [6.07, 6.45) is 0. The summed E-state index contributed by atoms with van der Waals surface area (Å²) in [6.45, 7) is 9.01. The zero-order valence-electron chi connectivity index (χ0n) is 13.6. The highest BCUT2D eigenvalue weighted by atomic mass is 32.1. The summed E-state index contributed by atoms with van der Waals surface area (Å²) in [5.41, 5.74) is 5.27. The Morgan fingerprint density at radius 2 is 2.13 bits per heavy atom. The number of hydrogen-bond donors (Lipinski definition) is 3. The van der Waals surface area contributed by atoms with E-state index in [2.05, 4.69) is 20.7 Å². The maximum absolute atomic E-state index is 9.88. The van der Waals surface area contributed by atoms with Crippen LogP contribution >= 0.6 is 12.2 Å². The monoisotopic (exact) mass is 336 g/mol. The molecule has 0 spiro atoms. The van der Waals surface area contributed by atoms with Gasteiger partial charge in [-0.2, -0.15) is 5.10 Å². The number of nitrogens with one attached hydrogen (secondary N) is 2. The highest BCUT2D eigenvalue weighted by Gasteiger charge is 2.09. The van der Waals surface area contributed by atoms with Crippen molar-refractivity contribution in [3.8, 4) is 5.75 Å². The van der Waals surface area contributed by atoms with Crippen molar-refractivity contribution in [3.63, 3.8) is 0 Å². The molecule has 0 saturated carbocycles. The molecule has 0 unspecified atom stereocenters. The molecule has 6 nitrogen and oxygen atoms in total. The average Bonchev–Trinajstić information content (AvgIpc) is 2.56. The fraction of sp³-hybridized carbons (Fsp3) is 0.500. The van der Waals surface area contributed by atoms with Gasteiger partial charge in [-0.25, -0.2) is 0 Å². The Bertz CT molecular complexity index is 571. The molecule has 1 heterocycles. The van der Waals surface area contributed by atoms with Crippen molar-refractivity contribution in [1.29, 1.82) is 0 Å². The van der Waals surface area contributed by atoms with Crippen molar-refractivity contribution < 1.29 is 9.84 Å². The number of hydrogen-bond acceptors (Lipinski definition) is 5. The van der Waals surface area contributed by atoms with E-state index in [1.165, 1.54) is 0 Å². The van der Waals surface area contributed by atoms with Crippen molar-refractivity contribution in [1.82, 2.24) is 15.6 Å². The first-order valence-corrected chi connectivity index (χ1v) is 8.15. The summed E-state index contributed by atoms with van der Waals surface area (Å²) in [6, 6.07) is 5.42. The van der Waals surface area contributed by atoms with Gasteiger partial charge in [-0.05, 0) is 38.2 Å². The normalized spacial score (nSPS) is 16.2. The van der Waals surface area contributed by atoms with Gasteiger partial charge in [0.2, 0.25) is 0 Å². The van der Waals surface area contributed by atoms with Gasteiger partial charge >= 0.3 is 0 Å². The van der Waals surface area contributed by atoms with Crippen LogP contribution in [0.15, 0.2) is 23.3 Å². The summed E-state index contributed by atoms with van der Waals surface area (Å²) >= 11 is 5.21. The molecule has 126 valence electrons. The second-order valence-corrected chi connectivity index (χ2v) is 5.95. The molecule has 7 heteroatoms. The lowest BCUT2D eigenvalue weighted by Crippen LogP contribution is -2.42. The predicted octanol–water partition coefficient (Wildman–Crippen LogP) is 1.22. The maximum Gasteiger partial charge on any atom is 0.187 e. The molecule has 1 fully saturated rings. The first kappa shape index (κ1) is 17.7. The van der Waals surface area contributed by atoms with Crippen LogP contribution in [0.3, 0.4) is 0 Å². The van der Waals surface area contributed by atoms with Crippen molar-refractivity contribution in [2.75, 3.05) is 39.4 Å². The van der Waals surface area contributed by atoms with E-state index in [1.54, 1.807) is 6.07 Å². The molecule has 0 atom stereocenters. The molecule has 1 saturated heterocycles. The number of nitrogens with zero attached hydrogens (tertiary/aromatic N) is 2. The minimum atomic E-state index is 0.213. The van der Waals surface area contributed by atoms with E-state index >= 15 is 0 Å². The lowest BCUT2D eigenvalue weighted by molar-refractivity contribution is 0.0389. The van der Waals surface area contributed by atoms with Gasteiger partial charge < -0.3 is 15.2 Å². The Kier molecular flexibility index (Phi) is 6.76. The number of aromatic hydroxyl groups is 1. The molecule has 1 aromatic rings. The van der Waals surface area contributed by atoms with Gasteiger partial charge in [0.25, 0.3) is 0 Å². The summed E-state index contributed by atoms with van der Waals surface area (Å²) in [5.74, 6) is 0.213. The number of thiocarbonyl (C=S) groups is 1. The topological polar surface area (TPSA) is 69.1 Å². The van der Waals surface area contributed by atoms with Crippen LogP contribution in [-0.4, -0.2) is 60.2 Å². The smallest absolute Gasteiger partial charge is 0.187 e. The minimum absolute atomic E-state index is 0.213. The lowest BCUT2D eigenvalue weighted by Gasteiger charge is -2.26. The number of aryl methyl sites for hydroxylation is 1. The standard InChI is InChI=1S/C16H24N4O2S/c1-12-3-4-15(21)14(11-12)13(2)18-19-16(23)17-5-6-20-7-9-22-10-8-20/h3-4,11,21H,5-10H2,1-2H3,(H2,17,19,23)/b18-13+. The Morgan fingerprint density at radius 1 is 1.39 bits per heavy atom. The van der Waals surface area contributed by atoms with Gasteiger partial charge in [-0.1, -0.05) is 11.6 Å². The van der Waals surface area contributed by atoms with E-state index in [4.69, 9.17) is 17.0 Å². The number of benzene rings is 1. The quantitative estimate of drug-likeness (QED) is 0.427. The third-order valence-electron chi connectivity index (χ3n) is 3.68. The first-order valence-electron chi connectivity index (χ1n) is 7.74. The molecule has 0 bridgehead atoms. The Hall–Kier alpha value is -1.70. The minimum Gasteiger partial charge on any atom is -0.507 e. The maximum atomic E-state index is 9.88. The molecule has 0 radical (unpaired) electrons. The average molecular weight is 336 g/mol. The van der Waals surface area contributed by atoms with Gasteiger partial charge in [-0.15, -0.1) is 0 Å². The van der Waals surface area contributed by atoms with Gasteiger partial charge in [0, 0.05) is 31.7 Å². The molecule has 0 aromatic heterocycles. The number of hydrazone groups is 1. The molecule has 0 aliphatic carbocycles. The van der Waals surface area contributed by atoms with E-state index in [0.29, 0.717) is 16.4 Å². The van der Waals surface area contributed by atoms with Crippen molar-refractivity contribution >= 4 is 23.0 Å². The van der Waals surface area contributed by atoms with Crippen LogP contribution < -0.4 is 10.7 Å². The fourth-order valence-corrected chi connectivity index (χ4v) is 2.47. The molecule has 2 rings (SSSR count). The zero-order chi connectivity index (χ0) is 16.7. The largest absolute Gasteiger partial charge is 0.507 e. The second-order valence-electron chi connectivity index (χ2n) is 5.54. The van der Waals surface area contributed by atoms with E-state index in [0.717, 1.165) is 45.0 Å². The molecule has 0 amide bonds. The molecule has 1 aromatic carbocycles. The third-order valence-corrected chi connectivity index (χ3v) is 3.92. The number of morpholine rings is 1. The van der Waals surface area contributed by atoms with Gasteiger partial charge in [0.1, 0.15) is 5.75 Å². The van der Waals surface area contributed by atoms with E-state index in [1.807, 2.05) is 26.0 Å². The summed E-state index contributed by atoms with van der Waals surface area (Å²) in [4.78, 5) is 2.33. The zero-order valence-corrected chi connectivity index (χ0v) is 14.4. The third kappa shape index (κ3) is 5.78. The number of ether oxygens (including phenoxy) is 1. The van der Waals surface area contributed by atoms with Gasteiger partial charge in [-0.3, -0.25) is 10.3 Å². The number of phenolic OH excluding ortho intramolecular Hbond substituents is 1. The van der Waals surface area contributed by atoms with Crippen LogP contribution in [0.1, 0.15) is 18.1 Å². The lowest BCUT2D eigenvalue weighted by atomic mass is 10.1. The molecular weight excluding hydrogens is 312 g/mol. The Balaban J connectivity index is 1.77. The Morgan fingerprint density at radius 3 is 2.87 bits per heavy atom. The number of phenols is 1. The van der Waals surface area contributed by atoms with E-state index < -0.39 is 0 Å². The summed E-state index contributed by atoms with van der Waals surface area (Å²) < 4.78 is 5.31. The second kappa shape index (κ2) is 8.81. The predicted molar refractivity (Wildman–Crippen MR) is 96.1 cm³/mol. The molecule has 23 heavy (non-hydrogen) atoms. The van der Waals surface area contributed by atoms with Crippen LogP contribution in [0.25, 0.3) is 0 Å². The van der Waals surface area contributed by atoms with Crippen LogP contribution in [0.2, 0.25) is 0 Å². The van der Waals surface area contributed by atoms with Crippen LogP contribution in [0, 0.1) is 6.92 Å². The molecule has 1 aliphatic rings. The molecule has 1 aliphatic heterocycles. The highest BCUT2D eigenvalue weighted by Crippen LogP contribution is 2.18. The van der Waals surface area contributed by atoms with Crippen LogP contribution in [-0.2, 0) is 4.74 Å². The Labute approximate surface area is 142 Å². The summed E-state index contributed by atoms with van der Waals surface area (Å²) in [7, 11) is 0. The van der Waals surface area contributed by atoms with Crippen molar-refractivity contribution in [2.24, 2.45) is 5.10 Å². The highest BCUT2D eigenvalue weighted by molar-refractivity contribution is 7.80. The van der Waals surface area contributed by atoms with Crippen molar-refractivity contribution in [3.05, 3.63) is 29.3 Å². The summed E-state index contributed by atoms with van der Waals surface area (Å²) in [5, 5.41) is 17.7. The van der Waals surface area contributed by atoms with Gasteiger partial charge in [0.05, 0.1) is 18.9 Å². The fourth-order valence-electron chi connectivity index (χ4n) is 2.33. The van der Waals surface area contributed by atoms with Gasteiger partial charge in [0.15, 0.2) is 5.11 Å².